The number of thioether (sulfide) groups is 1. The van der Waals surface area contributed by atoms with Gasteiger partial charge in [-0.3, -0.25) is 9.59 Å². The molecule has 2 amide bonds. The Morgan fingerprint density at radius 3 is 2.21 bits per heavy atom. The van der Waals surface area contributed by atoms with E-state index in [2.05, 4.69) is 36.6 Å². The van der Waals surface area contributed by atoms with Crippen LogP contribution in [0.25, 0.3) is 0 Å². The number of hydrogen-bond donors (Lipinski definition) is 2. The number of carbonyl (C=O) groups is 2. The van der Waals surface area contributed by atoms with E-state index in [9.17, 15) is 9.59 Å². The first-order chi connectivity index (χ1) is 16.4. The van der Waals surface area contributed by atoms with E-state index in [1.807, 2.05) is 36.4 Å². The minimum absolute atomic E-state index is 0.0325. The third-order valence-electron chi connectivity index (χ3n) is 8.28. The Morgan fingerprint density at radius 1 is 0.971 bits per heavy atom. The third kappa shape index (κ3) is 5.05. The minimum atomic E-state index is -0.138. The molecule has 0 unspecified atom stereocenters. The van der Waals surface area contributed by atoms with E-state index in [1.165, 1.54) is 36.6 Å². The van der Waals surface area contributed by atoms with E-state index in [0.29, 0.717) is 17.2 Å². The highest BCUT2D eigenvalue weighted by atomic mass is 32.2. The number of nitrogens with one attached hydrogen (secondary N) is 2. The van der Waals surface area contributed by atoms with Crippen LogP contribution in [-0.2, 0) is 4.79 Å². The number of amides is 2. The summed E-state index contributed by atoms with van der Waals surface area (Å²) >= 11 is 1.46. The predicted octanol–water partition coefficient (Wildman–Crippen LogP) is 6.63. The van der Waals surface area contributed by atoms with Crippen molar-refractivity contribution in [1.29, 1.82) is 0 Å². The zero-order chi connectivity index (χ0) is 23.7. The topological polar surface area (TPSA) is 58.2 Å². The van der Waals surface area contributed by atoms with E-state index in [-0.39, 0.29) is 17.4 Å². The molecule has 34 heavy (non-hydrogen) atoms. The van der Waals surface area contributed by atoms with Gasteiger partial charge in [-0.2, -0.15) is 0 Å². The number of rotatable bonds is 8. The second-order valence-electron chi connectivity index (χ2n) is 10.9. The molecule has 2 aromatic rings. The van der Waals surface area contributed by atoms with Gasteiger partial charge in [0.15, 0.2) is 0 Å². The van der Waals surface area contributed by atoms with Crippen LogP contribution in [0.5, 0.6) is 0 Å². The summed E-state index contributed by atoms with van der Waals surface area (Å²) in [7, 11) is 0. The van der Waals surface area contributed by atoms with Gasteiger partial charge in [-0.15, -0.1) is 11.8 Å². The van der Waals surface area contributed by atoms with Crippen molar-refractivity contribution in [2.24, 2.45) is 17.8 Å². The molecule has 4 fully saturated rings. The molecule has 2 aromatic carbocycles. The Hall–Kier alpha value is -2.27. The molecule has 5 heteroatoms. The zero-order valence-electron chi connectivity index (χ0n) is 20.3. The van der Waals surface area contributed by atoms with Crippen LogP contribution in [0.2, 0.25) is 0 Å². The van der Waals surface area contributed by atoms with Gasteiger partial charge in [0.05, 0.1) is 11.3 Å². The highest BCUT2D eigenvalue weighted by Crippen LogP contribution is 2.55. The van der Waals surface area contributed by atoms with Crippen molar-refractivity contribution in [2.75, 3.05) is 11.1 Å². The van der Waals surface area contributed by atoms with Gasteiger partial charge in [0.25, 0.3) is 5.91 Å². The molecule has 6 rings (SSSR count). The maximum atomic E-state index is 13.0. The largest absolute Gasteiger partial charge is 0.350 e. The Morgan fingerprint density at radius 2 is 1.59 bits per heavy atom. The summed E-state index contributed by atoms with van der Waals surface area (Å²) in [4.78, 5) is 26.8. The van der Waals surface area contributed by atoms with Crippen molar-refractivity contribution in [3.05, 3.63) is 59.7 Å². The first kappa shape index (κ1) is 23.5. The average Bonchev–Trinajstić information content (AvgIpc) is 2.81. The van der Waals surface area contributed by atoms with Gasteiger partial charge in [0.1, 0.15) is 0 Å². The summed E-state index contributed by atoms with van der Waals surface area (Å²) < 4.78 is 0. The monoisotopic (exact) mass is 476 g/mol. The first-order valence-corrected chi connectivity index (χ1v) is 13.9. The van der Waals surface area contributed by atoms with Crippen molar-refractivity contribution in [2.45, 2.75) is 75.1 Å². The molecule has 0 aromatic heterocycles. The fourth-order valence-corrected chi connectivity index (χ4v) is 7.70. The Balaban J connectivity index is 1.19. The van der Waals surface area contributed by atoms with Gasteiger partial charge in [-0.1, -0.05) is 38.1 Å². The van der Waals surface area contributed by atoms with Crippen molar-refractivity contribution >= 4 is 29.3 Å². The number of anilines is 1. The van der Waals surface area contributed by atoms with Gasteiger partial charge < -0.3 is 10.6 Å². The second-order valence-corrected chi connectivity index (χ2v) is 11.9. The molecule has 1 atom stereocenters. The molecule has 4 aliphatic rings. The molecule has 4 bridgehead atoms. The van der Waals surface area contributed by atoms with Crippen LogP contribution in [0, 0.1) is 17.8 Å². The quantitative estimate of drug-likeness (QED) is 0.421. The molecule has 2 N–H and O–H groups in total. The third-order valence-corrected chi connectivity index (χ3v) is 9.36. The van der Waals surface area contributed by atoms with Crippen LogP contribution in [0.3, 0.4) is 0 Å². The van der Waals surface area contributed by atoms with Crippen molar-refractivity contribution < 1.29 is 9.59 Å². The lowest BCUT2D eigenvalue weighted by Gasteiger charge is -2.56. The molecule has 4 aliphatic carbocycles. The molecule has 0 saturated heterocycles. The minimum Gasteiger partial charge on any atom is -0.350 e. The fourth-order valence-electron chi connectivity index (χ4n) is 6.85. The number of carbonyl (C=O) groups excluding carboxylic acids is 2. The molecule has 4 nitrogen and oxygen atoms in total. The van der Waals surface area contributed by atoms with Crippen LogP contribution in [0.1, 0.15) is 80.6 Å². The lowest BCUT2D eigenvalue weighted by atomic mass is 9.53. The fraction of sp³-hybridized carbons (Fsp3) is 0.517. The summed E-state index contributed by atoms with van der Waals surface area (Å²) in [6, 6.07) is 15.7. The van der Waals surface area contributed by atoms with E-state index in [0.717, 1.165) is 54.0 Å². The van der Waals surface area contributed by atoms with E-state index in [1.54, 1.807) is 0 Å². The van der Waals surface area contributed by atoms with Gasteiger partial charge in [0.2, 0.25) is 5.91 Å². The molecule has 0 heterocycles. The lowest BCUT2D eigenvalue weighted by Crippen LogP contribution is -2.60. The van der Waals surface area contributed by atoms with E-state index in [4.69, 9.17) is 0 Å². The molecule has 180 valence electrons. The van der Waals surface area contributed by atoms with Gasteiger partial charge in [-0.25, -0.2) is 0 Å². The first-order valence-electron chi connectivity index (χ1n) is 12.9. The Kier molecular flexibility index (Phi) is 6.74. The predicted molar refractivity (Wildman–Crippen MR) is 139 cm³/mol. The van der Waals surface area contributed by atoms with Crippen LogP contribution in [-0.4, -0.2) is 23.1 Å². The normalized spacial score (nSPS) is 27.9. The summed E-state index contributed by atoms with van der Waals surface area (Å²) in [5.74, 6) is 3.24. The van der Waals surface area contributed by atoms with Gasteiger partial charge in [0, 0.05) is 16.1 Å². The van der Waals surface area contributed by atoms with Crippen LogP contribution >= 0.6 is 11.8 Å². The van der Waals surface area contributed by atoms with Crippen LogP contribution in [0.15, 0.2) is 53.4 Å². The number of benzene rings is 2. The zero-order valence-corrected chi connectivity index (χ0v) is 21.1. The standard InChI is InChI=1S/C29H36N2O2S/c1-3-19(2)23-8-10-24(11-9-23)30-28(33)25-6-4-5-7-26(25)34-18-27(32)31-29-15-20-12-21(16-29)14-22(13-20)17-29/h4-11,19-22H,3,12-18H2,1-2H3,(H,30,33)(H,31,32)/t19-,20?,21?,22?,29?/m0/s1. The maximum Gasteiger partial charge on any atom is 0.256 e. The van der Waals surface area contributed by atoms with Crippen molar-refractivity contribution in [1.82, 2.24) is 5.32 Å². The summed E-state index contributed by atoms with van der Waals surface area (Å²) in [6.07, 6.45) is 8.66. The SMILES string of the molecule is CC[C@H](C)c1ccc(NC(=O)c2ccccc2SCC(=O)NC23CC4CC(CC(C4)C2)C3)cc1. The highest BCUT2D eigenvalue weighted by molar-refractivity contribution is 8.00. The summed E-state index contributed by atoms with van der Waals surface area (Å²) in [5, 5.41) is 6.46. The lowest BCUT2D eigenvalue weighted by molar-refractivity contribution is -0.124. The van der Waals surface area contributed by atoms with E-state index >= 15 is 0 Å². The summed E-state index contributed by atoms with van der Waals surface area (Å²) in [5.41, 5.74) is 2.71. The molecular weight excluding hydrogens is 440 g/mol. The van der Waals surface area contributed by atoms with E-state index < -0.39 is 0 Å². The Bertz CT molecular complexity index is 1010. The maximum absolute atomic E-state index is 13.0. The van der Waals surface area contributed by atoms with Gasteiger partial charge in [-0.05, 0) is 98.4 Å². The second kappa shape index (κ2) is 9.77. The Labute approximate surface area is 207 Å². The molecule has 0 radical (unpaired) electrons. The van der Waals surface area contributed by atoms with Crippen molar-refractivity contribution in [3.8, 4) is 0 Å². The smallest absolute Gasteiger partial charge is 0.256 e. The molecule has 0 aliphatic heterocycles. The van der Waals surface area contributed by atoms with Crippen molar-refractivity contribution in [3.63, 3.8) is 0 Å². The highest BCUT2D eigenvalue weighted by Gasteiger charge is 2.51. The molecular formula is C29H36N2O2S. The van der Waals surface area contributed by atoms with Gasteiger partial charge >= 0.3 is 0 Å². The molecule has 4 saturated carbocycles. The number of hydrogen-bond acceptors (Lipinski definition) is 3. The molecule has 0 spiro atoms. The van der Waals surface area contributed by atoms with Crippen LogP contribution < -0.4 is 10.6 Å². The average molecular weight is 477 g/mol. The van der Waals surface area contributed by atoms with Crippen LogP contribution in [0.4, 0.5) is 5.69 Å². The summed E-state index contributed by atoms with van der Waals surface area (Å²) in [6.45, 7) is 4.39.